The number of esters is 1. The van der Waals surface area contributed by atoms with Crippen molar-refractivity contribution in [1.29, 1.82) is 0 Å². The lowest BCUT2D eigenvalue weighted by Crippen LogP contribution is -2.19. The van der Waals surface area contributed by atoms with Gasteiger partial charge in [0.2, 0.25) is 5.91 Å². The summed E-state index contributed by atoms with van der Waals surface area (Å²) < 4.78 is 5.72. The molecule has 7 nitrogen and oxygen atoms in total. The number of anilines is 1. The highest BCUT2D eigenvalue weighted by Gasteiger charge is 2.12. The van der Waals surface area contributed by atoms with Gasteiger partial charge in [0.1, 0.15) is 12.9 Å². The van der Waals surface area contributed by atoms with Crippen LogP contribution >= 0.6 is 11.6 Å². The maximum atomic E-state index is 11.8. The van der Waals surface area contributed by atoms with Gasteiger partial charge in [-0.3, -0.25) is 4.79 Å². The first-order valence-electron chi connectivity index (χ1n) is 5.61. The van der Waals surface area contributed by atoms with Gasteiger partial charge < -0.3 is 10.1 Å². The summed E-state index contributed by atoms with van der Waals surface area (Å²) >= 11 is 5.75. The molecule has 1 heterocycles. The second kappa shape index (κ2) is 6.16. The Labute approximate surface area is 119 Å². The molecule has 8 heteroatoms. The molecule has 0 unspecified atom stereocenters. The number of methoxy groups -OCH3 is 1. The van der Waals surface area contributed by atoms with Crippen LogP contribution in [-0.2, 0) is 16.1 Å². The predicted octanol–water partition coefficient (Wildman–Crippen LogP) is 1.36. The fraction of sp³-hybridized carbons (Fsp3) is 0.167. The monoisotopic (exact) mass is 294 g/mol. The number of hydrogen-bond acceptors (Lipinski definition) is 5. The zero-order valence-electron chi connectivity index (χ0n) is 10.5. The number of carbonyl (C=O) groups excluding carboxylic acids is 2. The van der Waals surface area contributed by atoms with Gasteiger partial charge >= 0.3 is 5.97 Å². The number of nitrogens with zero attached hydrogens (tertiary/aromatic N) is 3. The first-order valence-corrected chi connectivity index (χ1v) is 5.99. The molecule has 2 aromatic rings. The quantitative estimate of drug-likeness (QED) is 0.860. The molecule has 2 rings (SSSR count). The third-order valence-corrected chi connectivity index (χ3v) is 2.59. The van der Waals surface area contributed by atoms with Gasteiger partial charge in [0.25, 0.3) is 5.82 Å². The van der Waals surface area contributed by atoms with Crippen LogP contribution in [0.25, 0.3) is 0 Å². The smallest absolute Gasteiger partial charge is 0.377 e. The van der Waals surface area contributed by atoms with E-state index in [4.69, 9.17) is 11.6 Å². The fourth-order valence-electron chi connectivity index (χ4n) is 1.44. The molecule has 0 atom stereocenters. The number of benzene rings is 1. The SMILES string of the molecule is COC(=O)c1ncn(CC(=O)Nc2ccc(Cl)cc2)n1. The van der Waals surface area contributed by atoms with Crippen molar-refractivity contribution >= 4 is 29.2 Å². The van der Waals surface area contributed by atoms with Crippen molar-refractivity contribution in [2.45, 2.75) is 6.54 Å². The van der Waals surface area contributed by atoms with Crippen LogP contribution in [0, 0.1) is 0 Å². The lowest BCUT2D eigenvalue weighted by Gasteiger charge is -2.04. The number of nitrogens with one attached hydrogen (secondary N) is 1. The van der Waals surface area contributed by atoms with Gasteiger partial charge in [-0.05, 0) is 24.3 Å². The van der Waals surface area contributed by atoms with Crippen LogP contribution in [0.15, 0.2) is 30.6 Å². The van der Waals surface area contributed by atoms with Crippen molar-refractivity contribution in [1.82, 2.24) is 14.8 Å². The summed E-state index contributed by atoms with van der Waals surface area (Å²) in [7, 11) is 1.23. The van der Waals surface area contributed by atoms with E-state index in [1.807, 2.05) is 0 Å². The lowest BCUT2D eigenvalue weighted by molar-refractivity contribution is -0.116. The number of rotatable bonds is 4. The van der Waals surface area contributed by atoms with Gasteiger partial charge in [-0.15, -0.1) is 5.10 Å². The largest absolute Gasteiger partial charge is 0.463 e. The highest BCUT2D eigenvalue weighted by atomic mass is 35.5. The van der Waals surface area contributed by atoms with E-state index in [2.05, 4.69) is 20.1 Å². The molecule has 0 radical (unpaired) electrons. The minimum Gasteiger partial charge on any atom is -0.463 e. The van der Waals surface area contributed by atoms with Crippen LogP contribution in [-0.4, -0.2) is 33.8 Å². The van der Waals surface area contributed by atoms with Gasteiger partial charge in [-0.1, -0.05) is 11.6 Å². The maximum Gasteiger partial charge on any atom is 0.377 e. The molecular weight excluding hydrogens is 284 g/mol. The minimum atomic E-state index is -0.651. The second-order valence-corrected chi connectivity index (χ2v) is 4.25. The van der Waals surface area contributed by atoms with E-state index in [-0.39, 0.29) is 18.3 Å². The van der Waals surface area contributed by atoms with Crippen LogP contribution in [0.5, 0.6) is 0 Å². The van der Waals surface area contributed by atoms with Crippen molar-refractivity contribution in [3.63, 3.8) is 0 Å². The molecule has 0 aliphatic rings. The Bertz CT molecular complexity index is 624. The molecule has 0 aliphatic carbocycles. The topological polar surface area (TPSA) is 86.1 Å². The number of hydrogen-bond donors (Lipinski definition) is 1. The summed E-state index contributed by atoms with van der Waals surface area (Å²) in [6, 6.07) is 6.70. The summed E-state index contributed by atoms with van der Waals surface area (Å²) in [6.07, 6.45) is 1.29. The molecule has 1 aromatic heterocycles. The van der Waals surface area contributed by atoms with Gasteiger partial charge in [-0.25, -0.2) is 14.5 Å². The lowest BCUT2D eigenvalue weighted by atomic mass is 10.3. The van der Waals surface area contributed by atoms with E-state index in [9.17, 15) is 9.59 Å². The molecule has 0 saturated heterocycles. The highest BCUT2D eigenvalue weighted by Crippen LogP contribution is 2.13. The standard InChI is InChI=1S/C12H11ClN4O3/c1-20-12(19)11-14-7-17(16-11)6-10(18)15-9-4-2-8(13)3-5-9/h2-5,7H,6H2,1H3,(H,15,18). The van der Waals surface area contributed by atoms with Crippen LogP contribution in [0.4, 0.5) is 5.69 Å². The molecule has 1 amide bonds. The summed E-state index contributed by atoms with van der Waals surface area (Å²) in [4.78, 5) is 26.7. The van der Waals surface area contributed by atoms with Gasteiger partial charge in [-0.2, -0.15) is 0 Å². The Morgan fingerprint density at radius 3 is 2.70 bits per heavy atom. The number of ether oxygens (including phenoxy) is 1. The van der Waals surface area contributed by atoms with E-state index >= 15 is 0 Å². The number of amides is 1. The summed E-state index contributed by atoms with van der Waals surface area (Å²) in [5.41, 5.74) is 0.618. The normalized spacial score (nSPS) is 10.1. The average molecular weight is 295 g/mol. The first kappa shape index (κ1) is 14.0. The van der Waals surface area contributed by atoms with E-state index in [0.717, 1.165) is 0 Å². The molecule has 1 aromatic carbocycles. The molecule has 20 heavy (non-hydrogen) atoms. The zero-order chi connectivity index (χ0) is 14.5. The molecular formula is C12H11ClN4O3. The Hall–Kier alpha value is -2.41. The third-order valence-electron chi connectivity index (χ3n) is 2.34. The number of carbonyl (C=O) groups is 2. The highest BCUT2D eigenvalue weighted by molar-refractivity contribution is 6.30. The van der Waals surface area contributed by atoms with Crippen molar-refractivity contribution in [2.75, 3.05) is 12.4 Å². The van der Waals surface area contributed by atoms with Gasteiger partial charge in [0.05, 0.1) is 7.11 Å². The van der Waals surface area contributed by atoms with Crippen molar-refractivity contribution in [2.24, 2.45) is 0 Å². The van der Waals surface area contributed by atoms with E-state index in [1.165, 1.54) is 18.1 Å². The Kier molecular flexibility index (Phi) is 4.31. The Balaban J connectivity index is 1.96. The summed E-state index contributed by atoms with van der Waals surface area (Å²) in [5.74, 6) is -1.04. The third kappa shape index (κ3) is 3.55. The van der Waals surface area contributed by atoms with E-state index in [1.54, 1.807) is 24.3 Å². The average Bonchev–Trinajstić information content (AvgIpc) is 2.89. The Morgan fingerprint density at radius 1 is 1.35 bits per heavy atom. The fourth-order valence-corrected chi connectivity index (χ4v) is 1.56. The number of aromatic nitrogens is 3. The molecule has 1 N–H and O–H groups in total. The number of halogens is 1. The summed E-state index contributed by atoms with van der Waals surface area (Å²) in [5, 5.41) is 7.08. The van der Waals surface area contributed by atoms with Crippen LogP contribution in [0.3, 0.4) is 0 Å². The minimum absolute atomic E-state index is 0.0629. The zero-order valence-corrected chi connectivity index (χ0v) is 11.3. The molecule has 0 bridgehead atoms. The van der Waals surface area contributed by atoms with Crippen molar-refractivity contribution in [3.8, 4) is 0 Å². The Morgan fingerprint density at radius 2 is 2.05 bits per heavy atom. The second-order valence-electron chi connectivity index (χ2n) is 3.81. The van der Waals surface area contributed by atoms with Gasteiger partial charge in [0, 0.05) is 10.7 Å². The van der Waals surface area contributed by atoms with Gasteiger partial charge in [0.15, 0.2) is 0 Å². The summed E-state index contributed by atoms with van der Waals surface area (Å²) in [6.45, 7) is -0.0629. The van der Waals surface area contributed by atoms with E-state index < -0.39 is 5.97 Å². The molecule has 0 aliphatic heterocycles. The van der Waals surface area contributed by atoms with E-state index in [0.29, 0.717) is 10.7 Å². The van der Waals surface area contributed by atoms with Crippen LogP contribution in [0.1, 0.15) is 10.6 Å². The first-order chi connectivity index (χ1) is 9.58. The maximum absolute atomic E-state index is 11.8. The predicted molar refractivity (Wildman–Crippen MR) is 71.4 cm³/mol. The van der Waals surface area contributed by atoms with Crippen molar-refractivity contribution in [3.05, 3.63) is 41.4 Å². The molecule has 0 fully saturated rings. The molecule has 104 valence electrons. The molecule has 0 saturated carbocycles. The van der Waals surface area contributed by atoms with Crippen LogP contribution < -0.4 is 5.32 Å². The molecule has 0 spiro atoms. The van der Waals surface area contributed by atoms with Crippen LogP contribution in [0.2, 0.25) is 5.02 Å². The van der Waals surface area contributed by atoms with Crippen molar-refractivity contribution < 1.29 is 14.3 Å².